The summed E-state index contributed by atoms with van der Waals surface area (Å²) in [6, 6.07) is 20.1. The molecule has 1 aliphatic rings. The first-order valence-electron chi connectivity index (χ1n) is 10.5. The first-order chi connectivity index (χ1) is 15.1. The topological polar surface area (TPSA) is 112 Å². The second-order valence-electron chi connectivity index (χ2n) is 7.87. The predicted molar refractivity (Wildman–Crippen MR) is 122 cm³/mol. The number of hydrogen-bond acceptors (Lipinski definition) is 5. The van der Waals surface area contributed by atoms with Gasteiger partial charge in [-0.25, -0.2) is 9.67 Å². The Labute approximate surface area is 180 Å². The molecule has 4 aromatic rings. The van der Waals surface area contributed by atoms with Crippen LogP contribution in [0.1, 0.15) is 29.2 Å². The molecule has 0 bridgehead atoms. The number of fused-ring (bicyclic) bond motifs is 1. The summed E-state index contributed by atoms with van der Waals surface area (Å²) in [5, 5.41) is 9.09. The van der Waals surface area contributed by atoms with Gasteiger partial charge in [0.2, 0.25) is 0 Å². The minimum atomic E-state index is -0.571. The summed E-state index contributed by atoms with van der Waals surface area (Å²) < 4.78 is 1.77. The van der Waals surface area contributed by atoms with Crippen LogP contribution < -0.4 is 16.8 Å². The highest BCUT2D eigenvalue weighted by molar-refractivity contribution is 6.04. The van der Waals surface area contributed by atoms with Crippen LogP contribution in [-0.2, 0) is 0 Å². The van der Waals surface area contributed by atoms with Gasteiger partial charge in [-0.05, 0) is 38.1 Å². The van der Waals surface area contributed by atoms with Crippen LogP contribution >= 0.6 is 0 Å². The molecule has 31 heavy (non-hydrogen) atoms. The van der Waals surface area contributed by atoms with Crippen LogP contribution in [-0.4, -0.2) is 33.8 Å². The molecule has 2 aromatic heterocycles. The third kappa shape index (κ3) is 3.53. The molecule has 0 radical (unpaired) electrons. The Hall–Kier alpha value is -3.71. The summed E-state index contributed by atoms with van der Waals surface area (Å²) in [5.41, 5.74) is 16.4. The molecule has 5 N–H and O–H groups in total. The van der Waals surface area contributed by atoms with Crippen molar-refractivity contribution in [1.29, 1.82) is 0 Å². The number of pyridine rings is 1. The van der Waals surface area contributed by atoms with Crippen LogP contribution in [0, 0.1) is 0 Å². The summed E-state index contributed by atoms with van der Waals surface area (Å²) in [6.45, 7) is 1.79. The van der Waals surface area contributed by atoms with Crippen molar-refractivity contribution >= 4 is 22.6 Å². The van der Waals surface area contributed by atoms with Gasteiger partial charge in [-0.1, -0.05) is 48.5 Å². The van der Waals surface area contributed by atoms with E-state index in [0.29, 0.717) is 11.5 Å². The van der Waals surface area contributed by atoms with Crippen LogP contribution in [0.4, 0.5) is 5.82 Å². The highest BCUT2D eigenvalue weighted by Gasteiger charge is 2.26. The normalized spacial score (nSPS) is 14.7. The number of rotatable bonds is 4. The zero-order valence-electron chi connectivity index (χ0n) is 17.1. The fourth-order valence-corrected chi connectivity index (χ4v) is 4.26. The highest BCUT2D eigenvalue weighted by Crippen LogP contribution is 2.33. The van der Waals surface area contributed by atoms with E-state index in [1.807, 2.05) is 60.7 Å². The molecule has 0 unspecified atom stereocenters. The average Bonchev–Trinajstić information content (AvgIpc) is 3.17. The number of nitrogens with two attached hydrogens (primary N) is 2. The molecule has 0 atom stereocenters. The second-order valence-corrected chi connectivity index (χ2v) is 7.87. The summed E-state index contributed by atoms with van der Waals surface area (Å²) in [6.07, 6.45) is 1.81. The number of carbonyl (C=O) groups is 1. The van der Waals surface area contributed by atoms with Gasteiger partial charge in [0, 0.05) is 16.5 Å². The Morgan fingerprint density at radius 1 is 1.00 bits per heavy atom. The van der Waals surface area contributed by atoms with Gasteiger partial charge in [-0.15, -0.1) is 0 Å². The zero-order chi connectivity index (χ0) is 21.4. The molecular formula is C24H24N6O. The van der Waals surface area contributed by atoms with Crippen molar-refractivity contribution in [2.24, 2.45) is 5.73 Å². The molecule has 0 spiro atoms. The lowest BCUT2D eigenvalue weighted by molar-refractivity contribution is 0.100. The molecule has 3 heterocycles. The van der Waals surface area contributed by atoms with Crippen LogP contribution in [0.2, 0.25) is 0 Å². The smallest absolute Gasteiger partial charge is 0.254 e. The van der Waals surface area contributed by atoms with Crippen molar-refractivity contribution in [1.82, 2.24) is 20.1 Å². The lowest BCUT2D eigenvalue weighted by Crippen LogP contribution is -2.30. The van der Waals surface area contributed by atoms with Crippen molar-refractivity contribution in [2.75, 3.05) is 18.8 Å². The molecule has 156 valence electrons. The van der Waals surface area contributed by atoms with Crippen LogP contribution in [0.5, 0.6) is 0 Å². The molecule has 1 aliphatic heterocycles. The zero-order valence-corrected chi connectivity index (χ0v) is 17.1. The molecular weight excluding hydrogens is 388 g/mol. The average molecular weight is 412 g/mol. The predicted octanol–water partition coefficient (Wildman–Crippen LogP) is 3.37. The standard InChI is InChI=1S/C24H24N6O/c25-23-21(24(26)31)22(29-30(23)18-10-12-27-13-11-18)17-7-6-16-8-9-19(28-20(16)14-17)15-4-2-1-3-5-15/h1-9,14,18,27H,10-13,25H2,(H2,26,31). The van der Waals surface area contributed by atoms with E-state index < -0.39 is 5.91 Å². The van der Waals surface area contributed by atoms with Gasteiger partial charge in [-0.3, -0.25) is 4.79 Å². The molecule has 5 rings (SSSR count). The van der Waals surface area contributed by atoms with Crippen molar-refractivity contribution in [2.45, 2.75) is 18.9 Å². The molecule has 0 aliphatic carbocycles. The number of benzene rings is 2. The molecule has 0 saturated carbocycles. The molecule has 2 aromatic carbocycles. The third-order valence-corrected chi connectivity index (χ3v) is 5.88. The first kappa shape index (κ1) is 19.3. The number of aromatic nitrogens is 3. The lowest BCUT2D eigenvalue weighted by atomic mass is 10.0. The van der Waals surface area contributed by atoms with Gasteiger partial charge in [0.1, 0.15) is 17.1 Å². The molecule has 1 saturated heterocycles. The van der Waals surface area contributed by atoms with Gasteiger partial charge in [0.15, 0.2) is 0 Å². The number of piperidine rings is 1. The number of nitrogens with zero attached hydrogens (tertiary/aromatic N) is 3. The highest BCUT2D eigenvalue weighted by atomic mass is 16.1. The van der Waals surface area contributed by atoms with Crippen LogP contribution in [0.3, 0.4) is 0 Å². The summed E-state index contributed by atoms with van der Waals surface area (Å²) >= 11 is 0. The number of nitrogens with one attached hydrogen (secondary N) is 1. The van der Waals surface area contributed by atoms with Crippen molar-refractivity contribution < 1.29 is 4.79 Å². The maximum Gasteiger partial charge on any atom is 0.254 e. The Balaban J connectivity index is 1.62. The fourth-order valence-electron chi connectivity index (χ4n) is 4.26. The summed E-state index contributed by atoms with van der Waals surface area (Å²) in [5.74, 6) is -0.237. The number of hydrogen-bond donors (Lipinski definition) is 3. The molecule has 7 heteroatoms. The number of carbonyl (C=O) groups excluding carboxylic acids is 1. The van der Waals surface area contributed by atoms with Crippen LogP contribution in [0.25, 0.3) is 33.4 Å². The third-order valence-electron chi connectivity index (χ3n) is 5.88. The van der Waals surface area contributed by atoms with Gasteiger partial charge in [-0.2, -0.15) is 5.10 Å². The number of amides is 1. The van der Waals surface area contributed by atoms with E-state index in [2.05, 4.69) is 5.32 Å². The monoisotopic (exact) mass is 412 g/mol. The molecule has 1 amide bonds. The number of nitrogen functional groups attached to an aromatic ring is 1. The first-order valence-corrected chi connectivity index (χ1v) is 10.5. The Morgan fingerprint density at radius 3 is 2.48 bits per heavy atom. The second kappa shape index (κ2) is 7.85. The van der Waals surface area contributed by atoms with E-state index >= 15 is 0 Å². The Kier molecular flexibility index (Phi) is 4.88. The van der Waals surface area contributed by atoms with Crippen molar-refractivity contribution in [3.05, 3.63) is 66.2 Å². The quantitative estimate of drug-likeness (QED) is 0.476. The SMILES string of the molecule is NC(=O)c1c(-c2ccc3ccc(-c4ccccc4)nc3c2)nn(C2CCNCC2)c1N. The molecule has 1 fully saturated rings. The van der Waals surface area contributed by atoms with Crippen molar-refractivity contribution in [3.8, 4) is 22.5 Å². The molecule has 7 nitrogen and oxygen atoms in total. The van der Waals surface area contributed by atoms with Crippen molar-refractivity contribution in [3.63, 3.8) is 0 Å². The summed E-state index contributed by atoms with van der Waals surface area (Å²) in [7, 11) is 0. The van der Waals surface area contributed by atoms with Gasteiger partial charge >= 0.3 is 0 Å². The van der Waals surface area contributed by atoms with E-state index in [1.165, 1.54) is 0 Å². The van der Waals surface area contributed by atoms with E-state index in [1.54, 1.807) is 4.68 Å². The van der Waals surface area contributed by atoms with E-state index in [4.69, 9.17) is 21.5 Å². The van der Waals surface area contributed by atoms with E-state index in [0.717, 1.165) is 53.7 Å². The minimum Gasteiger partial charge on any atom is -0.383 e. The van der Waals surface area contributed by atoms with E-state index in [-0.39, 0.29) is 11.6 Å². The number of primary amides is 1. The largest absolute Gasteiger partial charge is 0.383 e. The fraction of sp³-hybridized carbons (Fsp3) is 0.208. The number of anilines is 1. The van der Waals surface area contributed by atoms with Gasteiger partial charge in [0.25, 0.3) is 5.91 Å². The summed E-state index contributed by atoms with van der Waals surface area (Å²) in [4.78, 5) is 17.1. The lowest BCUT2D eigenvalue weighted by Gasteiger charge is -2.23. The van der Waals surface area contributed by atoms with Gasteiger partial charge in [0.05, 0.1) is 17.3 Å². The van der Waals surface area contributed by atoms with Crippen LogP contribution in [0.15, 0.2) is 60.7 Å². The minimum absolute atomic E-state index is 0.149. The maximum atomic E-state index is 12.3. The van der Waals surface area contributed by atoms with E-state index in [9.17, 15) is 4.79 Å². The Bertz CT molecular complexity index is 1260. The van der Waals surface area contributed by atoms with Gasteiger partial charge < -0.3 is 16.8 Å². The maximum absolute atomic E-state index is 12.3. The Morgan fingerprint density at radius 2 is 1.74 bits per heavy atom.